The lowest BCUT2D eigenvalue weighted by atomic mass is 10.1. The third-order valence-corrected chi connectivity index (χ3v) is 4.15. The van der Waals surface area contributed by atoms with Crippen molar-refractivity contribution < 1.29 is 23.2 Å². The predicted octanol–water partition coefficient (Wildman–Crippen LogP) is 2.91. The zero-order valence-corrected chi connectivity index (χ0v) is 14.5. The lowest BCUT2D eigenvalue weighted by Crippen LogP contribution is -2.29. The first kappa shape index (κ1) is 18.5. The molecular formula is C19H17F2N3O3. The third kappa shape index (κ3) is 4.11. The van der Waals surface area contributed by atoms with Crippen molar-refractivity contribution in [1.82, 2.24) is 0 Å². The first-order chi connectivity index (χ1) is 12.8. The summed E-state index contributed by atoms with van der Waals surface area (Å²) in [5.74, 6) is -3.67. The van der Waals surface area contributed by atoms with Crippen LogP contribution in [0.1, 0.15) is 13.3 Å². The number of para-hydroxylation sites is 1. The lowest BCUT2D eigenvalue weighted by molar-refractivity contribution is -0.122. The Hall–Kier alpha value is -3.29. The van der Waals surface area contributed by atoms with Crippen LogP contribution in [-0.4, -0.2) is 24.3 Å². The van der Waals surface area contributed by atoms with E-state index in [2.05, 4.69) is 10.6 Å². The van der Waals surface area contributed by atoms with E-state index in [-0.39, 0.29) is 18.9 Å². The molecule has 0 bridgehead atoms. The van der Waals surface area contributed by atoms with Crippen molar-refractivity contribution in [3.63, 3.8) is 0 Å². The molecule has 0 spiro atoms. The summed E-state index contributed by atoms with van der Waals surface area (Å²) in [5.41, 5.74) is 0.512. The number of benzene rings is 2. The highest BCUT2D eigenvalue weighted by Gasteiger charge is 2.37. The Morgan fingerprint density at radius 1 is 1.04 bits per heavy atom. The highest BCUT2D eigenvalue weighted by Crippen LogP contribution is 2.30. The van der Waals surface area contributed by atoms with E-state index >= 15 is 0 Å². The Kier molecular flexibility index (Phi) is 5.16. The maximum Gasteiger partial charge on any atom is 0.229 e. The van der Waals surface area contributed by atoms with Gasteiger partial charge in [-0.3, -0.25) is 14.4 Å². The molecule has 1 atom stereocenters. The van der Waals surface area contributed by atoms with E-state index < -0.39 is 35.1 Å². The summed E-state index contributed by atoms with van der Waals surface area (Å²) in [6, 6.07) is 9.86. The highest BCUT2D eigenvalue weighted by atomic mass is 19.1. The number of rotatable bonds is 4. The molecule has 1 unspecified atom stereocenters. The van der Waals surface area contributed by atoms with Gasteiger partial charge in [-0.05, 0) is 30.3 Å². The Morgan fingerprint density at radius 3 is 2.26 bits per heavy atom. The molecule has 2 aromatic rings. The summed E-state index contributed by atoms with van der Waals surface area (Å²) in [7, 11) is 0. The molecule has 1 aliphatic rings. The van der Waals surface area contributed by atoms with Crippen LogP contribution in [0.15, 0.2) is 42.5 Å². The number of anilines is 3. The van der Waals surface area contributed by atoms with Crippen LogP contribution in [0.3, 0.4) is 0 Å². The van der Waals surface area contributed by atoms with E-state index in [4.69, 9.17) is 0 Å². The molecule has 1 aliphatic heterocycles. The van der Waals surface area contributed by atoms with E-state index in [0.29, 0.717) is 11.4 Å². The van der Waals surface area contributed by atoms with Gasteiger partial charge in [0.25, 0.3) is 0 Å². The van der Waals surface area contributed by atoms with Crippen molar-refractivity contribution in [2.75, 3.05) is 22.1 Å². The number of carbonyl (C=O) groups is 3. The average Bonchev–Trinajstić information content (AvgIpc) is 2.96. The Balaban J connectivity index is 1.72. The quantitative estimate of drug-likeness (QED) is 0.865. The minimum atomic E-state index is -0.854. The second kappa shape index (κ2) is 7.53. The summed E-state index contributed by atoms with van der Waals surface area (Å²) >= 11 is 0. The maximum atomic E-state index is 13.9. The summed E-state index contributed by atoms with van der Waals surface area (Å²) in [4.78, 5) is 36.7. The highest BCUT2D eigenvalue weighted by molar-refractivity contribution is 6.03. The Bertz CT molecular complexity index is 897. The van der Waals surface area contributed by atoms with Crippen LogP contribution in [0, 0.1) is 17.6 Å². The molecule has 1 saturated heterocycles. The molecule has 0 aliphatic carbocycles. The van der Waals surface area contributed by atoms with Crippen molar-refractivity contribution in [3.05, 3.63) is 54.1 Å². The van der Waals surface area contributed by atoms with E-state index in [0.717, 1.165) is 17.0 Å². The van der Waals surface area contributed by atoms with Gasteiger partial charge < -0.3 is 15.5 Å². The summed E-state index contributed by atoms with van der Waals surface area (Å²) < 4.78 is 27.9. The van der Waals surface area contributed by atoms with Gasteiger partial charge in [-0.15, -0.1) is 0 Å². The number of nitrogens with one attached hydrogen (secondary N) is 2. The average molecular weight is 373 g/mol. The van der Waals surface area contributed by atoms with Crippen molar-refractivity contribution >= 4 is 34.8 Å². The molecule has 6 nitrogen and oxygen atoms in total. The van der Waals surface area contributed by atoms with Crippen LogP contribution in [-0.2, 0) is 14.4 Å². The number of nitrogens with zero attached hydrogens (tertiary/aromatic N) is 1. The van der Waals surface area contributed by atoms with Crippen LogP contribution < -0.4 is 15.5 Å². The second-order valence-corrected chi connectivity index (χ2v) is 6.23. The molecule has 2 aromatic carbocycles. The SMILES string of the molecule is CC(=O)Nc1cccc(NC(=O)C2CC(=O)N(c3c(F)cccc3F)C2)c1. The van der Waals surface area contributed by atoms with Gasteiger partial charge in [0, 0.05) is 31.3 Å². The van der Waals surface area contributed by atoms with Crippen LogP contribution in [0.25, 0.3) is 0 Å². The van der Waals surface area contributed by atoms with Crippen LogP contribution in [0.5, 0.6) is 0 Å². The summed E-state index contributed by atoms with van der Waals surface area (Å²) in [5, 5.41) is 5.26. The van der Waals surface area contributed by atoms with Crippen LogP contribution in [0.4, 0.5) is 25.8 Å². The molecule has 1 fully saturated rings. The zero-order valence-electron chi connectivity index (χ0n) is 14.5. The van der Waals surface area contributed by atoms with Gasteiger partial charge in [0.2, 0.25) is 17.7 Å². The van der Waals surface area contributed by atoms with Gasteiger partial charge >= 0.3 is 0 Å². The fraction of sp³-hybridized carbons (Fsp3) is 0.211. The zero-order chi connectivity index (χ0) is 19.6. The van der Waals surface area contributed by atoms with Crippen molar-refractivity contribution in [3.8, 4) is 0 Å². The molecular weight excluding hydrogens is 356 g/mol. The van der Waals surface area contributed by atoms with Gasteiger partial charge in [0.05, 0.1) is 5.92 Å². The van der Waals surface area contributed by atoms with E-state index in [1.54, 1.807) is 24.3 Å². The van der Waals surface area contributed by atoms with Crippen molar-refractivity contribution in [2.45, 2.75) is 13.3 Å². The lowest BCUT2D eigenvalue weighted by Gasteiger charge is -2.18. The number of halogens is 2. The summed E-state index contributed by atoms with van der Waals surface area (Å²) in [6.45, 7) is 1.25. The predicted molar refractivity (Wildman–Crippen MR) is 96.2 cm³/mol. The smallest absolute Gasteiger partial charge is 0.229 e. The number of hydrogen-bond donors (Lipinski definition) is 2. The molecule has 0 aromatic heterocycles. The molecule has 3 rings (SSSR count). The minimum Gasteiger partial charge on any atom is -0.326 e. The van der Waals surface area contributed by atoms with Gasteiger partial charge in [0.15, 0.2) is 0 Å². The van der Waals surface area contributed by atoms with E-state index in [1.165, 1.54) is 13.0 Å². The topological polar surface area (TPSA) is 78.5 Å². The van der Waals surface area contributed by atoms with Gasteiger partial charge in [0.1, 0.15) is 17.3 Å². The Morgan fingerprint density at radius 2 is 1.63 bits per heavy atom. The van der Waals surface area contributed by atoms with E-state index in [9.17, 15) is 23.2 Å². The Labute approximate surface area is 154 Å². The van der Waals surface area contributed by atoms with Gasteiger partial charge in [-0.25, -0.2) is 8.78 Å². The first-order valence-corrected chi connectivity index (χ1v) is 8.28. The van der Waals surface area contributed by atoms with Crippen molar-refractivity contribution in [1.29, 1.82) is 0 Å². The van der Waals surface area contributed by atoms with Gasteiger partial charge in [-0.1, -0.05) is 12.1 Å². The molecule has 8 heteroatoms. The molecule has 140 valence electrons. The van der Waals surface area contributed by atoms with Crippen LogP contribution >= 0.6 is 0 Å². The molecule has 0 saturated carbocycles. The number of carbonyl (C=O) groups excluding carboxylic acids is 3. The fourth-order valence-corrected chi connectivity index (χ4v) is 2.97. The molecule has 0 radical (unpaired) electrons. The van der Waals surface area contributed by atoms with Crippen LogP contribution in [0.2, 0.25) is 0 Å². The summed E-state index contributed by atoms with van der Waals surface area (Å²) in [6.07, 6.45) is -0.148. The monoisotopic (exact) mass is 373 g/mol. The molecule has 27 heavy (non-hydrogen) atoms. The third-order valence-electron chi connectivity index (χ3n) is 4.15. The van der Waals surface area contributed by atoms with Crippen molar-refractivity contribution in [2.24, 2.45) is 5.92 Å². The standard InChI is InChI=1S/C19H17F2N3O3/c1-11(25)22-13-4-2-5-14(9-13)23-19(27)12-8-17(26)24(10-12)18-15(20)6-3-7-16(18)21/h2-7,9,12H,8,10H2,1H3,(H,22,25)(H,23,27). The number of hydrogen-bond acceptors (Lipinski definition) is 3. The second-order valence-electron chi connectivity index (χ2n) is 6.23. The molecule has 2 N–H and O–H groups in total. The number of amides is 3. The van der Waals surface area contributed by atoms with Gasteiger partial charge in [-0.2, -0.15) is 0 Å². The first-order valence-electron chi connectivity index (χ1n) is 8.28. The normalized spacial score (nSPS) is 16.3. The maximum absolute atomic E-state index is 13.9. The largest absolute Gasteiger partial charge is 0.326 e. The van der Waals surface area contributed by atoms with E-state index in [1.807, 2.05) is 0 Å². The minimum absolute atomic E-state index is 0.117. The molecule has 1 heterocycles. The fourth-order valence-electron chi connectivity index (χ4n) is 2.97. The molecule has 3 amide bonds.